The molecule has 0 fully saturated rings. The fourth-order valence-corrected chi connectivity index (χ4v) is 4.22. The molecule has 0 saturated heterocycles. The van der Waals surface area contributed by atoms with Crippen molar-refractivity contribution >= 4 is 29.1 Å². The van der Waals surface area contributed by atoms with E-state index >= 15 is 0 Å². The van der Waals surface area contributed by atoms with Gasteiger partial charge in [-0.3, -0.25) is 9.36 Å². The van der Waals surface area contributed by atoms with Crippen LogP contribution >= 0.6 is 11.3 Å². The van der Waals surface area contributed by atoms with Crippen molar-refractivity contribution < 1.29 is 13.9 Å². The summed E-state index contributed by atoms with van der Waals surface area (Å²) in [7, 11) is 0. The molecule has 1 aromatic carbocycles. The molecule has 0 unspecified atom stereocenters. The van der Waals surface area contributed by atoms with Gasteiger partial charge in [-0.1, -0.05) is 41.7 Å². The van der Waals surface area contributed by atoms with E-state index in [9.17, 15) is 9.59 Å². The molecule has 0 amide bonds. The van der Waals surface area contributed by atoms with Crippen LogP contribution < -0.4 is 14.9 Å². The Hall–Kier alpha value is -3.19. The number of aromatic nitrogens is 1. The summed E-state index contributed by atoms with van der Waals surface area (Å²) in [6.07, 6.45) is 3.24. The minimum absolute atomic E-state index is 0.231. The highest BCUT2D eigenvalue weighted by Crippen LogP contribution is 2.31. The van der Waals surface area contributed by atoms with Crippen molar-refractivity contribution in [1.29, 1.82) is 0 Å². The van der Waals surface area contributed by atoms with Gasteiger partial charge in [0.15, 0.2) is 4.80 Å². The van der Waals surface area contributed by atoms with E-state index in [0.29, 0.717) is 26.4 Å². The van der Waals surface area contributed by atoms with E-state index < -0.39 is 12.0 Å². The molecule has 0 bridgehead atoms. The predicted octanol–water partition coefficient (Wildman–Crippen LogP) is 2.50. The summed E-state index contributed by atoms with van der Waals surface area (Å²) in [5.41, 5.74) is 1.56. The molecule has 0 N–H and O–H groups in total. The van der Waals surface area contributed by atoms with Crippen LogP contribution in [-0.2, 0) is 9.53 Å². The molecule has 7 heteroatoms. The second kappa shape index (κ2) is 7.44. The highest BCUT2D eigenvalue weighted by atomic mass is 32.1. The number of carbonyl (C=O) groups excluding carboxylic acids is 1. The van der Waals surface area contributed by atoms with E-state index in [1.165, 1.54) is 15.9 Å². The van der Waals surface area contributed by atoms with Gasteiger partial charge in [-0.05, 0) is 31.5 Å². The summed E-state index contributed by atoms with van der Waals surface area (Å²) in [4.78, 5) is 31.0. The zero-order chi connectivity index (χ0) is 19.7. The first-order chi connectivity index (χ1) is 13.6. The largest absolute Gasteiger partial charge is 0.465 e. The van der Waals surface area contributed by atoms with Gasteiger partial charge in [0, 0.05) is 11.8 Å². The number of hydrogen-bond acceptors (Lipinski definition) is 6. The van der Waals surface area contributed by atoms with Crippen LogP contribution in [0.5, 0.6) is 0 Å². The number of thiazole rings is 1. The minimum Gasteiger partial charge on any atom is -0.465 e. The predicted molar refractivity (Wildman–Crippen MR) is 106 cm³/mol. The van der Waals surface area contributed by atoms with Gasteiger partial charge < -0.3 is 9.15 Å². The third-order valence-electron chi connectivity index (χ3n) is 4.47. The molecule has 28 heavy (non-hydrogen) atoms. The molecule has 1 aliphatic heterocycles. The van der Waals surface area contributed by atoms with E-state index in [1.54, 1.807) is 38.3 Å². The molecular formula is C21H18N2O4S. The Balaban J connectivity index is 1.96. The van der Waals surface area contributed by atoms with Gasteiger partial charge >= 0.3 is 5.97 Å². The van der Waals surface area contributed by atoms with E-state index in [2.05, 4.69) is 0 Å². The maximum Gasteiger partial charge on any atom is 0.338 e. The lowest BCUT2D eigenvalue weighted by atomic mass is 9.97. The van der Waals surface area contributed by atoms with Crippen LogP contribution in [0, 0.1) is 0 Å². The molecule has 0 radical (unpaired) electrons. The van der Waals surface area contributed by atoms with Gasteiger partial charge in [-0.2, -0.15) is 0 Å². The van der Waals surface area contributed by atoms with E-state index in [4.69, 9.17) is 14.1 Å². The highest BCUT2D eigenvalue weighted by molar-refractivity contribution is 7.07. The third kappa shape index (κ3) is 3.14. The molecule has 142 valence electrons. The number of esters is 1. The van der Waals surface area contributed by atoms with Crippen LogP contribution in [0.2, 0.25) is 0 Å². The van der Waals surface area contributed by atoms with Crippen molar-refractivity contribution in [2.75, 3.05) is 6.61 Å². The number of allylic oxidation sites excluding steroid dienone is 1. The first-order valence-electron chi connectivity index (χ1n) is 8.88. The smallest absolute Gasteiger partial charge is 0.338 e. The Morgan fingerprint density at radius 1 is 1.29 bits per heavy atom. The van der Waals surface area contributed by atoms with Gasteiger partial charge in [-0.25, -0.2) is 9.79 Å². The summed E-state index contributed by atoms with van der Waals surface area (Å²) in [5.74, 6) is 0.126. The molecule has 2 aromatic heterocycles. The fraction of sp³-hybridized carbons (Fsp3) is 0.190. The van der Waals surface area contributed by atoms with Crippen LogP contribution in [-0.4, -0.2) is 17.1 Å². The van der Waals surface area contributed by atoms with Crippen LogP contribution in [0.3, 0.4) is 0 Å². The quantitative estimate of drug-likeness (QED) is 0.638. The first kappa shape index (κ1) is 18.2. The Morgan fingerprint density at radius 3 is 2.75 bits per heavy atom. The van der Waals surface area contributed by atoms with Crippen molar-refractivity contribution in [3.63, 3.8) is 0 Å². The lowest BCUT2D eigenvalue weighted by molar-refractivity contribution is -0.138. The van der Waals surface area contributed by atoms with E-state index in [0.717, 1.165) is 5.56 Å². The Morgan fingerprint density at radius 2 is 2.07 bits per heavy atom. The maximum absolute atomic E-state index is 13.0. The van der Waals surface area contributed by atoms with Crippen LogP contribution in [0.15, 0.2) is 68.5 Å². The monoisotopic (exact) mass is 394 g/mol. The molecular weight excluding hydrogens is 376 g/mol. The van der Waals surface area contributed by atoms with Gasteiger partial charge in [-0.15, -0.1) is 0 Å². The normalized spacial score (nSPS) is 16.6. The average molecular weight is 394 g/mol. The number of ether oxygens (including phenoxy) is 1. The third-order valence-corrected chi connectivity index (χ3v) is 5.45. The summed E-state index contributed by atoms with van der Waals surface area (Å²) in [6, 6.07) is 12.6. The molecule has 1 atom stereocenters. The summed E-state index contributed by atoms with van der Waals surface area (Å²) in [6.45, 7) is 3.76. The summed E-state index contributed by atoms with van der Waals surface area (Å²) >= 11 is 1.27. The Labute approximate surface area is 164 Å². The highest BCUT2D eigenvalue weighted by Gasteiger charge is 2.31. The number of benzene rings is 1. The zero-order valence-corrected chi connectivity index (χ0v) is 16.2. The number of hydrogen-bond donors (Lipinski definition) is 0. The molecule has 3 heterocycles. The van der Waals surface area contributed by atoms with Crippen molar-refractivity contribution in [1.82, 2.24) is 4.57 Å². The van der Waals surface area contributed by atoms with Gasteiger partial charge in [0.2, 0.25) is 0 Å². The van der Waals surface area contributed by atoms with Crippen molar-refractivity contribution in [3.05, 3.63) is 85.3 Å². The number of nitrogens with zero attached hydrogens (tertiary/aromatic N) is 2. The maximum atomic E-state index is 13.0. The second-order valence-electron chi connectivity index (χ2n) is 6.21. The van der Waals surface area contributed by atoms with Crippen LogP contribution in [0.4, 0.5) is 0 Å². The number of rotatable bonds is 4. The molecule has 0 spiro atoms. The molecule has 4 rings (SSSR count). The van der Waals surface area contributed by atoms with Crippen molar-refractivity contribution in [2.45, 2.75) is 19.9 Å². The van der Waals surface area contributed by atoms with Gasteiger partial charge in [0.25, 0.3) is 5.56 Å². The Kier molecular flexibility index (Phi) is 4.83. The molecule has 6 nitrogen and oxygen atoms in total. The molecule has 0 aliphatic carbocycles. The van der Waals surface area contributed by atoms with Crippen molar-refractivity contribution in [2.24, 2.45) is 4.99 Å². The average Bonchev–Trinajstić information content (AvgIpc) is 3.31. The SMILES string of the molecule is CCOC(=O)C1=C(C)n2c(s/c(=C/c3ccco3)c2=O)=N[C@@H]1c1ccccc1. The molecule has 0 saturated carbocycles. The lowest BCUT2D eigenvalue weighted by Gasteiger charge is -2.22. The number of carbonyl (C=O) groups is 1. The Bertz CT molecular complexity index is 1220. The van der Waals surface area contributed by atoms with Crippen LogP contribution in [0.1, 0.15) is 31.2 Å². The van der Waals surface area contributed by atoms with Crippen LogP contribution in [0.25, 0.3) is 11.8 Å². The van der Waals surface area contributed by atoms with E-state index in [-0.39, 0.29) is 12.2 Å². The summed E-state index contributed by atoms with van der Waals surface area (Å²) < 4.78 is 12.5. The fourth-order valence-electron chi connectivity index (χ4n) is 3.20. The molecule has 1 aliphatic rings. The van der Waals surface area contributed by atoms with Gasteiger partial charge in [0.1, 0.15) is 16.3 Å². The lowest BCUT2D eigenvalue weighted by Crippen LogP contribution is -2.35. The standard InChI is InChI=1S/C21H18N2O4S/c1-3-26-20(25)17-13(2)23-19(24)16(12-15-10-7-11-27-15)28-21(23)22-18(17)14-8-5-4-6-9-14/h4-12,18H,3H2,1-2H3/b16-12+/t18-/m1/s1. The van der Waals surface area contributed by atoms with Gasteiger partial charge in [0.05, 0.1) is 18.4 Å². The second-order valence-corrected chi connectivity index (χ2v) is 7.22. The molecule has 3 aromatic rings. The van der Waals surface area contributed by atoms with Crippen molar-refractivity contribution in [3.8, 4) is 0 Å². The number of furan rings is 1. The zero-order valence-electron chi connectivity index (χ0n) is 15.4. The minimum atomic E-state index is -0.519. The first-order valence-corrected chi connectivity index (χ1v) is 9.70. The van der Waals surface area contributed by atoms with E-state index in [1.807, 2.05) is 30.3 Å². The summed E-state index contributed by atoms with van der Waals surface area (Å²) in [5, 5.41) is 0. The number of fused-ring (bicyclic) bond motifs is 1. The topological polar surface area (TPSA) is 73.8 Å².